The number of hydrogen-bond donors (Lipinski definition) is 5. The first-order valence-corrected chi connectivity index (χ1v) is 12.3. The van der Waals surface area contributed by atoms with Gasteiger partial charge < -0.3 is 29.0 Å². The normalized spacial score (nSPS) is 32.0. The van der Waals surface area contributed by atoms with Crippen molar-refractivity contribution in [2.24, 2.45) is 0 Å². The molecule has 1 aromatic rings. The van der Waals surface area contributed by atoms with Crippen molar-refractivity contribution in [3.05, 3.63) is 32.9 Å². The molecule has 16 nitrogen and oxygen atoms in total. The van der Waals surface area contributed by atoms with Gasteiger partial charge in [-0.15, -0.1) is 0 Å². The lowest BCUT2D eigenvalue weighted by Crippen LogP contribution is -2.44. The van der Waals surface area contributed by atoms with Crippen molar-refractivity contribution in [1.29, 1.82) is 0 Å². The Hall–Kier alpha value is -1.13. The summed E-state index contributed by atoms with van der Waals surface area (Å²) in [6.45, 7) is -1.79. The third kappa shape index (κ3) is 5.27. The average molecular weight is 516 g/mol. The maximum atomic E-state index is 14.8. The molecule has 3 rings (SSSR count). The summed E-state index contributed by atoms with van der Waals surface area (Å²) in [5.74, 6) is -1.40. The number of nitrogens with one attached hydrogen (secondary N) is 1. The van der Waals surface area contributed by atoms with Crippen LogP contribution < -0.4 is 11.2 Å². The Kier molecular flexibility index (Phi) is 6.34. The molecule has 2 unspecified atom stereocenters. The second kappa shape index (κ2) is 8.02. The van der Waals surface area contributed by atoms with Gasteiger partial charge in [-0.2, -0.15) is 13.0 Å². The number of hydrogen-bond acceptors (Lipinski definition) is 10. The first kappa shape index (κ1) is 24.5. The standard InChI is InChI=1S/C10H13F2N2O14P3/c11-4-1-14(9(16)13-7(4)15)8-5-6(12)10(26-8,2-24-5)3-25-30(20,21)28-31(22,23)27-29(17,18)19/h1,5-6,8H,2-3H2,(H,20,21)(H,22,23)(H,13,15,16)(H2,17,18,19)/t5-,6+,8-,10-/m1/s1. The van der Waals surface area contributed by atoms with Gasteiger partial charge in [0.2, 0.25) is 5.82 Å². The predicted molar refractivity (Wildman–Crippen MR) is 88.6 cm³/mol. The Labute approximate surface area is 168 Å². The number of aromatic amines is 1. The van der Waals surface area contributed by atoms with Crippen molar-refractivity contribution >= 4 is 23.5 Å². The van der Waals surface area contributed by atoms with Crippen LogP contribution >= 0.6 is 23.5 Å². The molecule has 6 atom stereocenters. The van der Waals surface area contributed by atoms with Crippen molar-refractivity contribution in [3.8, 4) is 0 Å². The van der Waals surface area contributed by atoms with E-state index in [2.05, 4.69) is 13.1 Å². The minimum absolute atomic E-state index is 0.429. The van der Waals surface area contributed by atoms with Gasteiger partial charge >= 0.3 is 29.2 Å². The molecule has 2 saturated heterocycles. The molecule has 3 heterocycles. The smallest absolute Gasteiger partial charge is 0.367 e. The zero-order valence-corrected chi connectivity index (χ0v) is 17.3. The van der Waals surface area contributed by atoms with E-state index in [1.165, 1.54) is 0 Å². The van der Waals surface area contributed by atoms with Crippen LogP contribution in [0.25, 0.3) is 0 Å². The molecule has 2 fully saturated rings. The Morgan fingerprint density at radius 3 is 2.45 bits per heavy atom. The lowest BCUT2D eigenvalue weighted by Gasteiger charge is -2.30. The summed E-state index contributed by atoms with van der Waals surface area (Å²) in [6.07, 6.45) is -4.87. The van der Waals surface area contributed by atoms with Crippen molar-refractivity contribution < 1.29 is 64.7 Å². The number of alkyl halides is 1. The van der Waals surface area contributed by atoms with E-state index in [1.54, 1.807) is 4.98 Å². The molecule has 5 N–H and O–H groups in total. The van der Waals surface area contributed by atoms with Crippen LogP contribution in [0.1, 0.15) is 6.23 Å². The van der Waals surface area contributed by atoms with E-state index < -0.39 is 77.9 Å². The largest absolute Gasteiger partial charge is 0.490 e. The number of fused-ring (bicyclic) bond motifs is 2. The fourth-order valence-electron chi connectivity index (χ4n) is 2.85. The Bertz CT molecular complexity index is 1130. The molecule has 2 aliphatic heterocycles. The van der Waals surface area contributed by atoms with E-state index in [1.807, 2.05) is 0 Å². The third-order valence-corrected chi connectivity index (χ3v) is 7.82. The molecule has 1 aromatic heterocycles. The number of halogens is 2. The van der Waals surface area contributed by atoms with Crippen LogP contribution in [-0.4, -0.2) is 60.2 Å². The molecule has 2 bridgehead atoms. The zero-order chi connectivity index (χ0) is 23.4. The van der Waals surface area contributed by atoms with Crippen molar-refractivity contribution in [1.82, 2.24) is 9.55 Å². The minimum atomic E-state index is -5.80. The second-order valence-corrected chi connectivity index (χ2v) is 10.7. The summed E-state index contributed by atoms with van der Waals surface area (Å²) in [5, 5.41) is 0. The molecular formula is C10H13F2N2O14P3. The molecular weight excluding hydrogens is 503 g/mol. The molecule has 0 aliphatic carbocycles. The molecule has 0 saturated carbocycles. The number of phosphoric ester groups is 1. The molecule has 2 aliphatic rings. The Morgan fingerprint density at radius 2 is 1.84 bits per heavy atom. The van der Waals surface area contributed by atoms with E-state index in [-0.39, 0.29) is 0 Å². The highest BCUT2D eigenvalue weighted by Gasteiger charge is 2.64. The Balaban J connectivity index is 1.75. The van der Waals surface area contributed by atoms with Gasteiger partial charge in [-0.3, -0.25) is 18.9 Å². The van der Waals surface area contributed by atoms with Crippen LogP contribution in [-0.2, 0) is 36.3 Å². The van der Waals surface area contributed by atoms with Crippen molar-refractivity contribution in [2.45, 2.75) is 24.1 Å². The van der Waals surface area contributed by atoms with Crippen LogP contribution in [0, 0.1) is 5.82 Å². The highest BCUT2D eigenvalue weighted by Crippen LogP contribution is 2.66. The summed E-state index contributed by atoms with van der Waals surface area (Å²) >= 11 is 0. The lowest BCUT2D eigenvalue weighted by molar-refractivity contribution is -0.185. The molecule has 21 heteroatoms. The van der Waals surface area contributed by atoms with Gasteiger partial charge in [-0.05, 0) is 0 Å². The van der Waals surface area contributed by atoms with Crippen molar-refractivity contribution in [3.63, 3.8) is 0 Å². The van der Waals surface area contributed by atoms with Crippen LogP contribution in [0.4, 0.5) is 8.78 Å². The van der Waals surface area contributed by atoms with Crippen molar-refractivity contribution in [2.75, 3.05) is 13.2 Å². The lowest BCUT2D eigenvalue weighted by atomic mass is 10.0. The third-order valence-electron chi connectivity index (χ3n) is 4.03. The van der Waals surface area contributed by atoms with Crippen LogP contribution in [0.15, 0.2) is 15.8 Å². The molecule has 0 amide bonds. The van der Waals surface area contributed by atoms with E-state index in [0.717, 1.165) is 0 Å². The van der Waals surface area contributed by atoms with Gasteiger partial charge in [0.15, 0.2) is 18.0 Å². The Morgan fingerprint density at radius 1 is 1.19 bits per heavy atom. The monoisotopic (exact) mass is 516 g/mol. The van der Waals surface area contributed by atoms with Gasteiger partial charge in [0.1, 0.15) is 6.10 Å². The quantitative estimate of drug-likeness (QED) is 0.262. The molecule has 176 valence electrons. The molecule has 0 radical (unpaired) electrons. The number of phosphoric acid groups is 3. The topological polar surface area (TPSA) is 233 Å². The van der Waals surface area contributed by atoms with E-state index in [9.17, 15) is 37.0 Å². The van der Waals surface area contributed by atoms with Gasteiger partial charge in [0.05, 0.1) is 19.4 Å². The fourth-order valence-corrected chi connectivity index (χ4v) is 5.92. The molecule has 0 spiro atoms. The number of aromatic nitrogens is 2. The van der Waals surface area contributed by atoms with Gasteiger partial charge in [0, 0.05) is 0 Å². The van der Waals surface area contributed by atoms with Crippen LogP contribution in [0.2, 0.25) is 0 Å². The number of rotatable bonds is 8. The van der Waals surface area contributed by atoms with E-state index >= 15 is 0 Å². The summed E-state index contributed by atoms with van der Waals surface area (Å²) in [7, 11) is -17.0. The minimum Gasteiger partial charge on any atom is -0.367 e. The summed E-state index contributed by atoms with van der Waals surface area (Å²) in [6, 6.07) is 0. The number of nitrogens with zero attached hydrogens (tertiary/aromatic N) is 1. The zero-order valence-electron chi connectivity index (χ0n) is 14.6. The summed E-state index contributed by atoms with van der Waals surface area (Å²) < 4.78 is 84.3. The highest BCUT2D eigenvalue weighted by molar-refractivity contribution is 7.66. The average Bonchev–Trinajstić information content (AvgIpc) is 3.03. The fraction of sp³-hybridized carbons (Fsp3) is 0.600. The first-order chi connectivity index (χ1) is 14.0. The predicted octanol–water partition coefficient (Wildman–Crippen LogP) is -0.977. The van der Waals surface area contributed by atoms with Gasteiger partial charge in [0.25, 0.3) is 5.56 Å². The van der Waals surface area contributed by atoms with Crippen LogP contribution in [0.3, 0.4) is 0 Å². The van der Waals surface area contributed by atoms with Gasteiger partial charge in [-0.25, -0.2) is 22.9 Å². The SMILES string of the molecule is O=c1[nH]c(=O)n([C@@H]2O[C@@]3(COP(=O)(O)OP(=O)(O)OP(=O)(O)O)CO[C@@H]2[C@@H]3F)cc1F. The van der Waals surface area contributed by atoms with E-state index in [4.69, 9.17) is 24.2 Å². The second-order valence-electron chi connectivity index (χ2n) is 6.26. The summed E-state index contributed by atoms with van der Waals surface area (Å²) in [5.41, 5.74) is -4.69. The maximum absolute atomic E-state index is 14.8. The number of ether oxygens (including phenoxy) is 2. The molecule has 31 heavy (non-hydrogen) atoms. The molecule has 0 aromatic carbocycles. The van der Waals surface area contributed by atoms with Crippen LogP contribution in [0.5, 0.6) is 0 Å². The maximum Gasteiger partial charge on any atom is 0.490 e. The number of H-pyrrole nitrogens is 1. The highest BCUT2D eigenvalue weighted by atomic mass is 31.3. The van der Waals surface area contributed by atoms with Gasteiger partial charge in [-0.1, -0.05) is 0 Å². The first-order valence-electron chi connectivity index (χ1n) is 7.77. The summed E-state index contributed by atoms with van der Waals surface area (Å²) in [4.78, 5) is 60.1. The van der Waals surface area contributed by atoms with E-state index in [0.29, 0.717) is 10.8 Å².